The van der Waals surface area contributed by atoms with Crippen molar-refractivity contribution >= 4 is 30.7 Å². The monoisotopic (exact) mass is 308 g/mol. The maximum absolute atomic E-state index is 12.0. The number of amides is 1. The molecule has 0 bridgehead atoms. The van der Waals surface area contributed by atoms with Crippen molar-refractivity contribution in [2.45, 2.75) is 26.3 Å². The summed E-state index contributed by atoms with van der Waals surface area (Å²) in [5.74, 6) is 0.206. The van der Waals surface area contributed by atoms with Crippen molar-refractivity contribution in [1.29, 1.82) is 0 Å². The van der Waals surface area contributed by atoms with Gasteiger partial charge in [0.2, 0.25) is 5.91 Å². The van der Waals surface area contributed by atoms with Crippen LogP contribution in [-0.4, -0.2) is 40.2 Å². The van der Waals surface area contributed by atoms with Gasteiger partial charge in [0.15, 0.2) is 0 Å². The molecule has 1 saturated heterocycles. The summed E-state index contributed by atoms with van der Waals surface area (Å²) in [6.45, 7) is 5.08. The highest BCUT2D eigenvalue weighted by molar-refractivity contribution is 5.85. The summed E-state index contributed by atoms with van der Waals surface area (Å²) in [5.41, 5.74) is 5.84. The number of halogens is 2. The summed E-state index contributed by atoms with van der Waals surface area (Å²) in [6, 6.07) is 1.87. The Balaban J connectivity index is 0.00000162. The summed E-state index contributed by atoms with van der Waals surface area (Å²) < 4.78 is 1.79. The highest BCUT2D eigenvalue weighted by atomic mass is 35.5. The number of nitrogens with zero attached hydrogens (tertiary/aromatic N) is 3. The third kappa shape index (κ3) is 4.67. The predicted molar refractivity (Wildman–Crippen MR) is 79.7 cm³/mol. The van der Waals surface area contributed by atoms with E-state index in [1.165, 1.54) is 0 Å². The molecular formula is C12H22Cl2N4O. The predicted octanol–water partition coefficient (Wildman–Crippen LogP) is 1.31. The first-order chi connectivity index (χ1) is 8.13. The van der Waals surface area contributed by atoms with Gasteiger partial charge < -0.3 is 10.6 Å². The van der Waals surface area contributed by atoms with E-state index in [-0.39, 0.29) is 36.1 Å². The number of carbonyl (C=O) groups is 1. The number of likely N-dealkylation sites (tertiary alicyclic amines) is 1. The van der Waals surface area contributed by atoms with Gasteiger partial charge in [-0.25, -0.2) is 0 Å². The van der Waals surface area contributed by atoms with E-state index in [1.807, 2.05) is 17.2 Å². The highest BCUT2D eigenvalue weighted by Gasteiger charge is 2.34. The minimum atomic E-state index is 0. The van der Waals surface area contributed by atoms with Crippen molar-refractivity contribution in [3.05, 3.63) is 18.5 Å². The molecule has 1 amide bonds. The van der Waals surface area contributed by atoms with Crippen molar-refractivity contribution < 1.29 is 4.79 Å². The molecule has 5 nitrogen and oxygen atoms in total. The van der Waals surface area contributed by atoms with Crippen LogP contribution in [0.5, 0.6) is 0 Å². The zero-order chi connectivity index (χ0) is 12.3. The number of nitrogens with two attached hydrogens (primary N) is 1. The Labute approximate surface area is 126 Å². The van der Waals surface area contributed by atoms with E-state index in [0.29, 0.717) is 19.5 Å². The molecule has 1 aromatic rings. The molecular weight excluding hydrogens is 287 g/mol. The van der Waals surface area contributed by atoms with Gasteiger partial charge in [-0.3, -0.25) is 9.48 Å². The fourth-order valence-corrected chi connectivity index (χ4v) is 2.20. The van der Waals surface area contributed by atoms with Crippen LogP contribution in [0.4, 0.5) is 0 Å². The van der Waals surface area contributed by atoms with Crippen LogP contribution in [0.25, 0.3) is 0 Å². The van der Waals surface area contributed by atoms with Gasteiger partial charge in [-0.2, -0.15) is 5.10 Å². The Hall–Kier alpha value is -0.780. The van der Waals surface area contributed by atoms with Crippen LogP contribution >= 0.6 is 24.8 Å². The van der Waals surface area contributed by atoms with Crippen molar-refractivity contribution in [2.24, 2.45) is 11.1 Å². The zero-order valence-electron chi connectivity index (χ0n) is 11.1. The molecule has 1 aliphatic rings. The summed E-state index contributed by atoms with van der Waals surface area (Å²) in [6.07, 6.45) is 5.13. The molecule has 0 radical (unpaired) electrons. The van der Waals surface area contributed by atoms with Gasteiger partial charge in [0.25, 0.3) is 0 Å². The highest BCUT2D eigenvalue weighted by Crippen LogP contribution is 2.28. The van der Waals surface area contributed by atoms with Crippen LogP contribution in [0.3, 0.4) is 0 Å². The zero-order valence-corrected chi connectivity index (χ0v) is 12.8. The van der Waals surface area contributed by atoms with Gasteiger partial charge in [0, 0.05) is 38.4 Å². The largest absolute Gasteiger partial charge is 0.342 e. The molecule has 7 heteroatoms. The van der Waals surface area contributed by atoms with Gasteiger partial charge in [-0.1, -0.05) is 6.92 Å². The lowest BCUT2D eigenvalue weighted by atomic mass is 9.90. The van der Waals surface area contributed by atoms with Crippen molar-refractivity contribution in [3.63, 3.8) is 0 Å². The summed E-state index contributed by atoms with van der Waals surface area (Å²) in [4.78, 5) is 13.9. The first kappa shape index (κ1) is 18.2. The van der Waals surface area contributed by atoms with Crippen molar-refractivity contribution in [1.82, 2.24) is 14.7 Å². The molecule has 0 aliphatic carbocycles. The Morgan fingerprint density at radius 3 is 2.74 bits per heavy atom. The van der Waals surface area contributed by atoms with E-state index >= 15 is 0 Å². The number of carbonyl (C=O) groups excluding carboxylic acids is 1. The topological polar surface area (TPSA) is 64.2 Å². The standard InChI is InChI=1S/C12H20N4O.2ClH/c1-12(9-13)4-8-15(10-12)11(17)3-7-16-6-2-5-14-16;;/h2,5-6H,3-4,7-10,13H2,1H3;2*1H. The number of aryl methyl sites for hydroxylation is 1. The van der Waals surface area contributed by atoms with Gasteiger partial charge in [0.05, 0.1) is 0 Å². The van der Waals surface area contributed by atoms with Crippen LogP contribution in [0.1, 0.15) is 19.8 Å². The van der Waals surface area contributed by atoms with E-state index < -0.39 is 0 Å². The SMILES string of the molecule is CC1(CN)CCN(C(=O)CCn2cccn2)C1.Cl.Cl. The van der Waals surface area contributed by atoms with E-state index in [9.17, 15) is 4.79 Å². The molecule has 1 atom stereocenters. The normalized spacial score (nSPS) is 21.7. The fraction of sp³-hybridized carbons (Fsp3) is 0.667. The number of hydrogen-bond acceptors (Lipinski definition) is 3. The summed E-state index contributed by atoms with van der Waals surface area (Å²) in [7, 11) is 0. The molecule has 2 N–H and O–H groups in total. The Bertz CT molecular complexity index is 385. The number of aromatic nitrogens is 2. The van der Waals surface area contributed by atoms with Crippen molar-refractivity contribution in [3.8, 4) is 0 Å². The summed E-state index contributed by atoms with van der Waals surface area (Å²) in [5, 5.41) is 4.09. The average molecular weight is 309 g/mol. The second-order valence-electron chi connectivity index (χ2n) is 5.10. The third-order valence-corrected chi connectivity index (χ3v) is 3.52. The van der Waals surface area contributed by atoms with Crippen molar-refractivity contribution in [2.75, 3.05) is 19.6 Å². The van der Waals surface area contributed by atoms with E-state index in [4.69, 9.17) is 5.73 Å². The molecule has 1 unspecified atom stereocenters. The lowest BCUT2D eigenvalue weighted by Gasteiger charge is -2.22. The van der Waals surface area contributed by atoms with E-state index in [2.05, 4.69) is 12.0 Å². The van der Waals surface area contributed by atoms with Gasteiger partial charge in [0.1, 0.15) is 0 Å². The summed E-state index contributed by atoms with van der Waals surface area (Å²) >= 11 is 0. The van der Waals surface area contributed by atoms with Crippen LogP contribution in [-0.2, 0) is 11.3 Å². The lowest BCUT2D eigenvalue weighted by Crippen LogP contribution is -2.34. The molecule has 0 spiro atoms. The minimum absolute atomic E-state index is 0. The first-order valence-corrected chi connectivity index (χ1v) is 6.08. The second-order valence-corrected chi connectivity index (χ2v) is 5.10. The first-order valence-electron chi connectivity index (χ1n) is 6.08. The van der Waals surface area contributed by atoms with Gasteiger partial charge >= 0.3 is 0 Å². The maximum Gasteiger partial charge on any atom is 0.224 e. The molecule has 1 fully saturated rings. The maximum atomic E-state index is 12.0. The van der Waals surface area contributed by atoms with E-state index in [1.54, 1.807) is 10.9 Å². The average Bonchev–Trinajstić information content (AvgIpc) is 2.96. The smallest absolute Gasteiger partial charge is 0.224 e. The van der Waals surface area contributed by atoms with Crippen LogP contribution in [0.2, 0.25) is 0 Å². The van der Waals surface area contributed by atoms with Gasteiger partial charge in [-0.15, -0.1) is 24.8 Å². The molecule has 2 rings (SSSR count). The molecule has 110 valence electrons. The molecule has 1 aliphatic heterocycles. The molecule has 0 aromatic carbocycles. The Morgan fingerprint density at radius 2 is 2.21 bits per heavy atom. The minimum Gasteiger partial charge on any atom is -0.342 e. The number of hydrogen-bond donors (Lipinski definition) is 1. The molecule has 2 heterocycles. The van der Waals surface area contributed by atoms with Crippen LogP contribution < -0.4 is 5.73 Å². The molecule has 1 aromatic heterocycles. The fourth-order valence-electron chi connectivity index (χ4n) is 2.20. The van der Waals surface area contributed by atoms with Crippen LogP contribution in [0, 0.1) is 5.41 Å². The van der Waals surface area contributed by atoms with Gasteiger partial charge in [-0.05, 0) is 24.4 Å². The Kier molecular flexibility index (Phi) is 7.41. The Morgan fingerprint density at radius 1 is 1.47 bits per heavy atom. The second kappa shape index (κ2) is 7.72. The lowest BCUT2D eigenvalue weighted by molar-refractivity contribution is -0.130. The number of rotatable bonds is 4. The molecule has 19 heavy (non-hydrogen) atoms. The molecule has 0 saturated carbocycles. The third-order valence-electron chi connectivity index (χ3n) is 3.52. The van der Waals surface area contributed by atoms with E-state index in [0.717, 1.165) is 19.5 Å². The van der Waals surface area contributed by atoms with Crippen LogP contribution in [0.15, 0.2) is 18.5 Å². The quantitative estimate of drug-likeness (QED) is 0.912.